The van der Waals surface area contributed by atoms with E-state index in [1.165, 1.54) is 17.4 Å². The molecule has 0 unspecified atom stereocenters. The van der Waals surface area contributed by atoms with Crippen molar-refractivity contribution in [1.29, 1.82) is 0 Å². The molecule has 6 heteroatoms. The first-order valence-corrected chi connectivity index (χ1v) is 7.02. The molecule has 2 N–H and O–H groups in total. The smallest absolute Gasteiger partial charge is 0.174 e. The summed E-state index contributed by atoms with van der Waals surface area (Å²) in [6.45, 7) is 0.225. The lowest BCUT2D eigenvalue weighted by Crippen LogP contribution is -1.94. The monoisotopic (exact) mass is 279 g/mol. The molecule has 0 bridgehead atoms. The van der Waals surface area contributed by atoms with Crippen molar-refractivity contribution in [1.82, 2.24) is 10.2 Å². The minimum atomic E-state index is -0.319. The fourth-order valence-corrected chi connectivity index (χ4v) is 2.71. The van der Waals surface area contributed by atoms with Crippen LogP contribution in [0.15, 0.2) is 28.0 Å². The number of thioether (sulfide) groups is 1. The number of nitrogens with zero attached hydrogens (tertiary/aromatic N) is 2. The molecule has 2 aromatic rings. The first-order valence-electron chi connectivity index (χ1n) is 5.16. The Kier molecular flexibility index (Phi) is 4.70. The summed E-state index contributed by atoms with van der Waals surface area (Å²) < 4.78 is 14.3. The SMILES string of the molecule is NCC#Cc1cc(CSc2nncs2)ccc1F. The second kappa shape index (κ2) is 6.50. The summed E-state index contributed by atoms with van der Waals surface area (Å²) in [4.78, 5) is 0. The van der Waals surface area contributed by atoms with Crippen LogP contribution < -0.4 is 5.73 Å². The van der Waals surface area contributed by atoms with Crippen molar-refractivity contribution in [2.24, 2.45) is 5.73 Å². The van der Waals surface area contributed by atoms with Crippen LogP contribution in [0.2, 0.25) is 0 Å². The maximum atomic E-state index is 13.4. The summed E-state index contributed by atoms with van der Waals surface area (Å²) in [5, 5.41) is 7.69. The molecule has 0 fully saturated rings. The van der Waals surface area contributed by atoms with Crippen molar-refractivity contribution < 1.29 is 4.39 Å². The number of benzene rings is 1. The van der Waals surface area contributed by atoms with E-state index < -0.39 is 0 Å². The van der Waals surface area contributed by atoms with Crippen LogP contribution in [0.3, 0.4) is 0 Å². The number of hydrogen-bond donors (Lipinski definition) is 1. The molecule has 1 aromatic heterocycles. The van der Waals surface area contributed by atoms with Crippen molar-refractivity contribution in [3.63, 3.8) is 0 Å². The normalized spacial score (nSPS) is 9.89. The van der Waals surface area contributed by atoms with E-state index in [4.69, 9.17) is 5.73 Å². The van der Waals surface area contributed by atoms with Gasteiger partial charge < -0.3 is 5.73 Å². The lowest BCUT2D eigenvalue weighted by Gasteiger charge is -2.01. The summed E-state index contributed by atoms with van der Waals surface area (Å²) in [5.74, 6) is 5.77. The van der Waals surface area contributed by atoms with Crippen LogP contribution >= 0.6 is 23.1 Å². The predicted octanol–water partition coefficient (Wildman–Crippen LogP) is 2.28. The molecule has 1 aromatic carbocycles. The topological polar surface area (TPSA) is 51.8 Å². The third-order valence-electron chi connectivity index (χ3n) is 2.06. The van der Waals surface area contributed by atoms with Gasteiger partial charge in [-0.3, -0.25) is 0 Å². The third-order valence-corrected chi connectivity index (χ3v) is 3.99. The average Bonchev–Trinajstić information content (AvgIpc) is 2.89. The Labute approximate surface area is 113 Å². The fourth-order valence-electron chi connectivity index (χ4n) is 1.28. The molecule has 0 aliphatic heterocycles. The molecule has 0 amide bonds. The number of aromatic nitrogens is 2. The van der Waals surface area contributed by atoms with Crippen LogP contribution in [-0.2, 0) is 5.75 Å². The van der Waals surface area contributed by atoms with Gasteiger partial charge in [-0.1, -0.05) is 41.0 Å². The third kappa shape index (κ3) is 3.53. The van der Waals surface area contributed by atoms with Gasteiger partial charge in [0.05, 0.1) is 12.1 Å². The number of halogens is 1. The molecule has 2 rings (SSSR count). The van der Waals surface area contributed by atoms with E-state index >= 15 is 0 Å². The maximum absolute atomic E-state index is 13.4. The first-order chi connectivity index (χ1) is 8.79. The summed E-state index contributed by atoms with van der Waals surface area (Å²) in [5.41, 5.74) is 8.34. The first kappa shape index (κ1) is 13.0. The highest BCUT2D eigenvalue weighted by Gasteiger charge is 2.03. The molecule has 0 spiro atoms. The Hall–Kier alpha value is -1.42. The standard InChI is InChI=1S/C12H10FN3S2/c13-11-4-3-9(6-10(11)2-1-5-14)7-17-12-16-15-8-18-12/h3-4,6,8H,5,7,14H2. The van der Waals surface area contributed by atoms with E-state index in [9.17, 15) is 4.39 Å². The van der Waals surface area contributed by atoms with Crippen LogP contribution in [0.4, 0.5) is 4.39 Å². The highest BCUT2D eigenvalue weighted by Crippen LogP contribution is 2.24. The Balaban J connectivity index is 2.09. The molecule has 0 aliphatic rings. The lowest BCUT2D eigenvalue weighted by molar-refractivity contribution is 0.624. The van der Waals surface area contributed by atoms with Crippen molar-refractivity contribution in [2.45, 2.75) is 10.1 Å². The molecule has 92 valence electrons. The Morgan fingerprint density at radius 2 is 2.33 bits per heavy atom. The number of rotatable bonds is 3. The van der Waals surface area contributed by atoms with E-state index in [1.54, 1.807) is 29.4 Å². The highest BCUT2D eigenvalue weighted by molar-refractivity contribution is 8.00. The quantitative estimate of drug-likeness (QED) is 0.692. The molecule has 3 nitrogen and oxygen atoms in total. The molecule has 0 saturated heterocycles. The molecular weight excluding hydrogens is 269 g/mol. The van der Waals surface area contributed by atoms with Crippen molar-refractivity contribution in [2.75, 3.05) is 6.54 Å². The molecule has 0 radical (unpaired) electrons. The van der Waals surface area contributed by atoms with E-state index in [0.29, 0.717) is 11.3 Å². The second-order valence-electron chi connectivity index (χ2n) is 3.31. The minimum absolute atomic E-state index is 0.225. The van der Waals surface area contributed by atoms with Gasteiger partial charge in [-0.2, -0.15) is 0 Å². The second-order valence-corrected chi connectivity index (χ2v) is 5.37. The predicted molar refractivity (Wildman–Crippen MR) is 71.8 cm³/mol. The summed E-state index contributed by atoms with van der Waals surface area (Å²) in [6, 6.07) is 4.92. The molecule has 0 saturated carbocycles. The van der Waals surface area contributed by atoms with Crippen LogP contribution in [0, 0.1) is 17.7 Å². The van der Waals surface area contributed by atoms with Crippen LogP contribution in [0.5, 0.6) is 0 Å². The molecule has 18 heavy (non-hydrogen) atoms. The van der Waals surface area contributed by atoms with E-state index in [2.05, 4.69) is 22.0 Å². The summed E-state index contributed by atoms with van der Waals surface area (Å²) in [7, 11) is 0. The molecule has 0 atom stereocenters. The molecule has 0 aliphatic carbocycles. The van der Waals surface area contributed by atoms with Crippen LogP contribution in [-0.4, -0.2) is 16.7 Å². The maximum Gasteiger partial charge on any atom is 0.174 e. The van der Waals surface area contributed by atoms with E-state index in [-0.39, 0.29) is 12.4 Å². The van der Waals surface area contributed by atoms with Crippen LogP contribution in [0.1, 0.15) is 11.1 Å². The Morgan fingerprint density at radius 1 is 1.44 bits per heavy atom. The van der Waals surface area contributed by atoms with E-state index in [0.717, 1.165) is 9.90 Å². The zero-order valence-electron chi connectivity index (χ0n) is 9.39. The van der Waals surface area contributed by atoms with Crippen molar-refractivity contribution in [3.05, 3.63) is 40.7 Å². The average molecular weight is 279 g/mol. The Bertz CT molecular complexity index is 573. The summed E-state index contributed by atoms with van der Waals surface area (Å²) >= 11 is 3.05. The van der Waals surface area contributed by atoms with Gasteiger partial charge in [0.15, 0.2) is 4.34 Å². The van der Waals surface area contributed by atoms with Gasteiger partial charge in [0, 0.05) is 5.75 Å². The van der Waals surface area contributed by atoms with E-state index in [1.807, 2.05) is 0 Å². The van der Waals surface area contributed by atoms with Gasteiger partial charge in [0.1, 0.15) is 11.3 Å². The number of hydrogen-bond acceptors (Lipinski definition) is 5. The van der Waals surface area contributed by atoms with Gasteiger partial charge in [-0.15, -0.1) is 10.2 Å². The zero-order valence-corrected chi connectivity index (χ0v) is 11.0. The fraction of sp³-hybridized carbons (Fsp3) is 0.167. The largest absolute Gasteiger partial charge is 0.320 e. The van der Waals surface area contributed by atoms with Gasteiger partial charge in [0.25, 0.3) is 0 Å². The van der Waals surface area contributed by atoms with Crippen LogP contribution in [0.25, 0.3) is 0 Å². The van der Waals surface area contributed by atoms with Gasteiger partial charge in [0.2, 0.25) is 0 Å². The van der Waals surface area contributed by atoms with Gasteiger partial charge in [-0.05, 0) is 17.7 Å². The lowest BCUT2D eigenvalue weighted by atomic mass is 10.1. The van der Waals surface area contributed by atoms with Crippen molar-refractivity contribution >= 4 is 23.1 Å². The summed E-state index contributed by atoms with van der Waals surface area (Å²) in [6.07, 6.45) is 0. The zero-order chi connectivity index (χ0) is 12.8. The molecular formula is C12H10FN3S2. The molecule has 1 heterocycles. The van der Waals surface area contributed by atoms with Gasteiger partial charge in [-0.25, -0.2) is 4.39 Å². The minimum Gasteiger partial charge on any atom is -0.320 e. The number of nitrogens with two attached hydrogens (primary N) is 1. The highest BCUT2D eigenvalue weighted by atomic mass is 32.2. The van der Waals surface area contributed by atoms with Gasteiger partial charge >= 0.3 is 0 Å². The Morgan fingerprint density at radius 3 is 3.06 bits per heavy atom. The van der Waals surface area contributed by atoms with Crippen molar-refractivity contribution in [3.8, 4) is 11.8 Å².